The fourth-order valence-electron chi connectivity index (χ4n) is 2.54. The number of rotatable bonds is 4. The van der Waals surface area contributed by atoms with Gasteiger partial charge in [-0.2, -0.15) is 0 Å². The molecule has 0 bridgehead atoms. The lowest BCUT2D eigenvalue weighted by atomic mass is 9.93. The molecule has 5 nitrogen and oxygen atoms in total. The average Bonchev–Trinajstić information content (AvgIpc) is 2.97. The van der Waals surface area contributed by atoms with Crippen molar-refractivity contribution in [2.24, 2.45) is 0 Å². The molecule has 130 valence electrons. The summed E-state index contributed by atoms with van der Waals surface area (Å²) >= 11 is 0. The Bertz CT molecular complexity index is 939. The summed E-state index contributed by atoms with van der Waals surface area (Å²) < 4.78 is 45.6. The van der Waals surface area contributed by atoms with Crippen LogP contribution >= 0.6 is 0 Å². The Kier molecular flexibility index (Phi) is 4.59. The van der Waals surface area contributed by atoms with Crippen LogP contribution in [-0.2, 0) is 19.6 Å². The van der Waals surface area contributed by atoms with Gasteiger partial charge in [0.25, 0.3) is 10.0 Å². The van der Waals surface area contributed by atoms with Gasteiger partial charge in [0.15, 0.2) is 0 Å². The van der Waals surface area contributed by atoms with Crippen molar-refractivity contribution in [2.45, 2.75) is 17.7 Å². The second-order valence-corrected chi connectivity index (χ2v) is 7.41. The summed E-state index contributed by atoms with van der Waals surface area (Å²) in [6.45, 7) is 1.68. The summed E-state index contributed by atoms with van der Waals surface area (Å²) in [5.41, 5.74) is 1.19. The van der Waals surface area contributed by atoms with Crippen LogP contribution in [0.5, 0.6) is 0 Å². The van der Waals surface area contributed by atoms with Gasteiger partial charge in [-0.1, -0.05) is 30.3 Å². The second-order valence-electron chi connectivity index (χ2n) is 5.69. The van der Waals surface area contributed by atoms with Crippen LogP contribution in [0.15, 0.2) is 65.2 Å². The molecule has 2 aromatic carbocycles. The highest BCUT2D eigenvalue weighted by Gasteiger charge is 2.32. The predicted octanol–water partition coefficient (Wildman–Crippen LogP) is 2.64. The summed E-state index contributed by atoms with van der Waals surface area (Å²) in [5.74, 6) is -1.54. The minimum atomic E-state index is -3.80. The van der Waals surface area contributed by atoms with E-state index < -0.39 is 21.9 Å². The van der Waals surface area contributed by atoms with Crippen LogP contribution in [-0.4, -0.2) is 21.0 Å². The van der Waals surface area contributed by atoms with Crippen molar-refractivity contribution in [3.8, 4) is 0 Å². The quantitative estimate of drug-likeness (QED) is 0.671. The number of hydrogen-bond donors (Lipinski definition) is 1. The number of halogens is 1. The number of carbonyl (C=O) groups is 1. The van der Waals surface area contributed by atoms with Crippen LogP contribution < -0.4 is 4.72 Å². The summed E-state index contributed by atoms with van der Waals surface area (Å²) in [6.07, 6.45) is 1.13. The van der Waals surface area contributed by atoms with E-state index in [1.54, 1.807) is 37.3 Å². The van der Waals surface area contributed by atoms with Gasteiger partial charge in [0.05, 0.1) is 16.4 Å². The predicted molar refractivity (Wildman–Crippen MR) is 89.7 cm³/mol. The molecule has 1 atom stereocenters. The molecule has 1 aliphatic rings. The van der Waals surface area contributed by atoms with E-state index in [9.17, 15) is 17.6 Å². The smallest absolute Gasteiger partial charge is 0.336 e. The molecule has 0 aromatic heterocycles. The van der Waals surface area contributed by atoms with Crippen molar-refractivity contribution in [1.82, 2.24) is 4.72 Å². The normalized spacial score (nSPS) is 19.0. The Morgan fingerprint density at radius 3 is 2.60 bits per heavy atom. The zero-order valence-electron chi connectivity index (χ0n) is 13.4. The molecule has 0 saturated carbocycles. The largest absolute Gasteiger partial charge is 0.461 e. The SMILES string of the molecule is Cc1ccc(C2COC(=O)/C2=C\NS(=O)(=O)c2ccccc2)cc1F. The summed E-state index contributed by atoms with van der Waals surface area (Å²) in [6, 6.07) is 12.4. The summed E-state index contributed by atoms with van der Waals surface area (Å²) in [7, 11) is -3.80. The monoisotopic (exact) mass is 361 g/mol. The minimum Gasteiger partial charge on any atom is -0.461 e. The Balaban J connectivity index is 1.89. The zero-order valence-corrected chi connectivity index (χ0v) is 14.2. The molecular weight excluding hydrogens is 345 g/mol. The van der Waals surface area contributed by atoms with Gasteiger partial charge in [-0.25, -0.2) is 17.6 Å². The maximum atomic E-state index is 13.8. The van der Waals surface area contributed by atoms with Gasteiger partial charge in [-0.05, 0) is 36.2 Å². The lowest BCUT2D eigenvalue weighted by Crippen LogP contribution is -2.20. The lowest BCUT2D eigenvalue weighted by molar-refractivity contribution is -0.135. The van der Waals surface area contributed by atoms with Gasteiger partial charge in [0.1, 0.15) is 12.4 Å². The van der Waals surface area contributed by atoms with Crippen molar-refractivity contribution in [3.63, 3.8) is 0 Å². The number of sulfonamides is 1. The molecule has 0 spiro atoms. The highest BCUT2D eigenvalue weighted by atomic mass is 32.2. The number of benzene rings is 2. The molecule has 1 N–H and O–H groups in total. The molecule has 3 rings (SSSR count). The molecule has 1 saturated heterocycles. The molecule has 7 heteroatoms. The lowest BCUT2D eigenvalue weighted by Gasteiger charge is -2.11. The van der Waals surface area contributed by atoms with Gasteiger partial charge in [-0.15, -0.1) is 0 Å². The summed E-state index contributed by atoms with van der Waals surface area (Å²) in [4.78, 5) is 12.0. The number of esters is 1. The molecule has 1 aliphatic heterocycles. The van der Waals surface area contributed by atoms with Crippen molar-refractivity contribution < 1.29 is 22.3 Å². The first-order valence-corrected chi connectivity index (χ1v) is 9.07. The highest BCUT2D eigenvalue weighted by Crippen LogP contribution is 2.32. The van der Waals surface area contributed by atoms with Gasteiger partial charge in [0.2, 0.25) is 0 Å². The van der Waals surface area contributed by atoms with E-state index in [1.165, 1.54) is 18.2 Å². The third-order valence-electron chi connectivity index (χ3n) is 4.01. The fraction of sp³-hybridized carbons (Fsp3) is 0.167. The molecule has 2 aromatic rings. The van der Waals surface area contributed by atoms with Crippen LogP contribution in [0.1, 0.15) is 17.0 Å². The van der Waals surface area contributed by atoms with Gasteiger partial charge >= 0.3 is 5.97 Å². The molecule has 0 radical (unpaired) electrons. The molecule has 25 heavy (non-hydrogen) atoms. The van der Waals surface area contributed by atoms with Gasteiger partial charge in [0, 0.05) is 6.20 Å². The van der Waals surface area contributed by atoms with Crippen LogP contribution in [0.3, 0.4) is 0 Å². The van der Waals surface area contributed by atoms with Crippen molar-refractivity contribution in [1.29, 1.82) is 0 Å². The number of ether oxygens (including phenoxy) is 1. The maximum absolute atomic E-state index is 13.8. The number of cyclic esters (lactones) is 1. The van der Waals surface area contributed by atoms with E-state index >= 15 is 0 Å². The highest BCUT2D eigenvalue weighted by molar-refractivity contribution is 7.89. The minimum absolute atomic E-state index is 0.0419. The Morgan fingerprint density at radius 2 is 1.92 bits per heavy atom. The Morgan fingerprint density at radius 1 is 1.20 bits per heavy atom. The van der Waals surface area contributed by atoms with E-state index in [0.717, 1.165) is 6.20 Å². The number of carbonyl (C=O) groups excluding carboxylic acids is 1. The zero-order chi connectivity index (χ0) is 18.0. The third-order valence-corrected chi connectivity index (χ3v) is 5.33. The van der Waals surface area contributed by atoms with Crippen LogP contribution in [0.25, 0.3) is 0 Å². The molecule has 0 aliphatic carbocycles. The Hall–Kier alpha value is -2.67. The second kappa shape index (κ2) is 6.68. The van der Waals surface area contributed by atoms with Crippen LogP contribution in [0, 0.1) is 12.7 Å². The van der Waals surface area contributed by atoms with E-state index in [1.807, 2.05) is 0 Å². The first-order chi connectivity index (χ1) is 11.9. The standard InChI is InChI=1S/C18H16FNO4S/c1-12-7-8-13(9-17(12)19)16-11-24-18(21)15(16)10-20-25(22,23)14-5-3-2-4-6-14/h2-10,16,20H,11H2,1H3/b15-10-. The van der Waals surface area contributed by atoms with E-state index in [4.69, 9.17) is 4.74 Å². The van der Waals surface area contributed by atoms with Crippen molar-refractivity contribution >= 4 is 16.0 Å². The van der Waals surface area contributed by atoms with E-state index in [-0.39, 0.29) is 22.9 Å². The first kappa shape index (κ1) is 17.2. The van der Waals surface area contributed by atoms with Gasteiger partial charge in [-0.3, -0.25) is 4.72 Å². The maximum Gasteiger partial charge on any atom is 0.336 e. The average molecular weight is 361 g/mol. The van der Waals surface area contributed by atoms with Crippen LogP contribution in [0.4, 0.5) is 4.39 Å². The topological polar surface area (TPSA) is 72.5 Å². The third kappa shape index (κ3) is 3.56. The molecule has 1 fully saturated rings. The summed E-state index contributed by atoms with van der Waals surface area (Å²) in [5, 5.41) is 0. The molecule has 1 unspecified atom stereocenters. The number of hydrogen-bond acceptors (Lipinski definition) is 4. The molecular formula is C18H16FNO4S. The van der Waals surface area contributed by atoms with Gasteiger partial charge < -0.3 is 4.74 Å². The number of nitrogens with one attached hydrogen (secondary N) is 1. The Labute approximate surface area is 145 Å². The van der Waals surface area contributed by atoms with E-state index in [0.29, 0.717) is 11.1 Å². The van der Waals surface area contributed by atoms with Crippen molar-refractivity contribution in [3.05, 3.63) is 77.2 Å². The fourth-order valence-corrected chi connectivity index (χ4v) is 3.48. The van der Waals surface area contributed by atoms with Crippen LogP contribution in [0.2, 0.25) is 0 Å². The van der Waals surface area contributed by atoms with Crippen molar-refractivity contribution in [2.75, 3.05) is 6.61 Å². The molecule has 0 amide bonds. The molecule has 1 heterocycles. The first-order valence-electron chi connectivity index (χ1n) is 7.59. The number of aryl methyl sites for hydroxylation is 1. The van der Waals surface area contributed by atoms with E-state index in [2.05, 4.69) is 4.72 Å².